The van der Waals surface area contributed by atoms with Crippen molar-refractivity contribution in [3.63, 3.8) is 0 Å². The zero-order chi connectivity index (χ0) is 21.5. The second-order valence-electron chi connectivity index (χ2n) is 8.35. The molecule has 0 nitrogen and oxygen atoms in total. The van der Waals surface area contributed by atoms with Crippen molar-refractivity contribution in [3.8, 4) is 0 Å². The maximum Gasteiger partial charge on any atom is 0.160 e. The normalized spacial score (nSPS) is 11.9. The maximum atomic E-state index is 2.37. The standard InChI is InChI=1S/C27H42PS2/c1-4-7-20-28(21-8-5-2,22-9-6-3)27(29-23-25-16-12-10-13-17-25)30-24-26-18-14-11-15-19-26/h10-19,27H,4-9,20-24H2,1-3H3/q+1. The van der Waals surface area contributed by atoms with E-state index in [1.165, 1.54) is 68.1 Å². The molecule has 0 aliphatic heterocycles. The number of hydrogen-bond donors (Lipinski definition) is 0. The molecule has 0 aromatic heterocycles. The fourth-order valence-corrected chi connectivity index (χ4v) is 14.8. The summed E-state index contributed by atoms with van der Waals surface area (Å²) in [6.07, 6.45) is 12.7. The number of rotatable bonds is 16. The van der Waals surface area contributed by atoms with E-state index in [-0.39, 0.29) is 0 Å². The second-order valence-corrected chi connectivity index (χ2v) is 15.8. The van der Waals surface area contributed by atoms with Crippen LogP contribution >= 0.6 is 30.8 Å². The van der Waals surface area contributed by atoms with Crippen LogP contribution in [-0.2, 0) is 11.5 Å². The quantitative estimate of drug-likeness (QED) is 0.180. The fraction of sp³-hybridized carbons (Fsp3) is 0.556. The van der Waals surface area contributed by atoms with E-state index in [0.29, 0.717) is 0 Å². The first-order valence-corrected chi connectivity index (χ1v) is 16.4. The van der Waals surface area contributed by atoms with Gasteiger partial charge in [-0.1, -0.05) is 101 Å². The Labute approximate surface area is 195 Å². The van der Waals surface area contributed by atoms with Gasteiger partial charge in [0.15, 0.2) is 4.32 Å². The van der Waals surface area contributed by atoms with E-state index in [9.17, 15) is 0 Å². The lowest BCUT2D eigenvalue weighted by atomic mass is 10.2. The van der Waals surface area contributed by atoms with Crippen LogP contribution in [-0.4, -0.2) is 22.8 Å². The van der Waals surface area contributed by atoms with Crippen molar-refractivity contribution in [2.45, 2.75) is 75.1 Å². The molecule has 0 spiro atoms. The average Bonchev–Trinajstić information content (AvgIpc) is 2.80. The Morgan fingerprint density at radius 1 is 0.600 bits per heavy atom. The number of thioether (sulfide) groups is 2. The molecular formula is C27H42PS2+. The Morgan fingerprint density at radius 3 is 1.30 bits per heavy atom. The predicted octanol–water partition coefficient (Wildman–Crippen LogP) is 9.55. The third-order valence-electron chi connectivity index (χ3n) is 5.79. The number of hydrogen-bond acceptors (Lipinski definition) is 2. The summed E-state index contributed by atoms with van der Waals surface area (Å²) in [7, 11) is -1.00. The van der Waals surface area contributed by atoms with E-state index in [1.54, 1.807) is 0 Å². The lowest BCUT2D eigenvalue weighted by Crippen LogP contribution is -2.18. The molecule has 2 rings (SSSR count). The molecule has 2 aromatic rings. The van der Waals surface area contributed by atoms with E-state index in [0.717, 1.165) is 15.8 Å². The molecule has 0 aliphatic carbocycles. The van der Waals surface area contributed by atoms with Gasteiger partial charge in [-0.3, -0.25) is 0 Å². The summed E-state index contributed by atoms with van der Waals surface area (Å²) in [5.41, 5.74) is 2.96. The van der Waals surface area contributed by atoms with Crippen molar-refractivity contribution < 1.29 is 0 Å². The predicted molar refractivity (Wildman–Crippen MR) is 146 cm³/mol. The molecule has 0 unspecified atom stereocenters. The van der Waals surface area contributed by atoms with Crippen LogP contribution in [0.1, 0.15) is 70.4 Å². The van der Waals surface area contributed by atoms with Gasteiger partial charge >= 0.3 is 0 Å². The minimum Gasteiger partial charge on any atom is -0.103 e. The smallest absolute Gasteiger partial charge is 0.103 e. The highest BCUT2D eigenvalue weighted by molar-refractivity contribution is 8.25. The minimum atomic E-state index is -1.00. The van der Waals surface area contributed by atoms with Crippen LogP contribution in [0.15, 0.2) is 60.7 Å². The zero-order valence-electron chi connectivity index (χ0n) is 19.4. The largest absolute Gasteiger partial charge is 0.160 e. The van der Waals surface area contributed by atoms with Crippen molar-refractivity contribution in [2.75, 3.05) is 18.5 Å². The summed E-state index contributed by atoms with van der Waals surface area (Å²) in [4.78, 5) is 0. The number of benzene rings is 2. The maximum absolute atomic E-state index is 2.37. The van der Waals surface area contributed by atoms with Crippen molar-refractivity contribution in [3.05, 3.63) is 71.8 Å². The molecule has 0 heterocycles. The van der Waals surface area contributed by atoms with Gasteiger partial charge in [0.2, 0.25) is 0 Å². The van der Waals surface area contributed by atoms with Gasteiger partial charge in [0.1, 0.15) is 0 Å². The monoisotopic (exact) mass is 461 g/mol. The topological polar surface area (TPSA) is 0 Å². The van der Waals surface area contributed by atoms with E-state index >= 15 is 0 Å². The van der Waals surface area contributed by atoms with Gasteiger partial charge in [0, 0.05) is 18.8 Å². The van der Waals surface area contributed by atoms with Crippen LogP contribution in [0, 0.1) is 0 Å². The highest BCUT2D eigenvalue weighted by atomic mass is 32.2. The molecule has 0 saturated heterocycles. The van der Waals surface area contributed by atoms with Crippen molar-refractivity contribution in [1.29, 1.82) is 0 Å². The van der Waals surface area contributed by atoms with E-state index in [4.69, 9.17) is 0 Å². The molecule has 0 fully saturated rings. The van der Waals surface area contributed by atoms with Gasteiger partial charge in [-0.2, -0.15) is 0 Å². The molecule has 0 radical (unpaired) electrons. The Balaban J connectivity index is 2.24. The molecule has 0 atom stereocenters. The molecule has 3 heteroatoms. The summed E-state index contributed by atoms with van der Waals surface area (Å²) in [6, 6.07) is 22.2. The molecule has 0 aliphatic rings. The molecule has 0 saturated carbocycles. The van der Waals surface area contributed by atoms with E-state index in [1.807, 2.05) is 0 Å². The molecule has 0 N–H and O–H groups in total. The summed E-state index contributed by atoms with van der Waals surface area (Å²) < 4.78 is 0.766. The van der Waals surface area contributed by atoms with Crippen LogP contribution in [0.25, 0.3) is 0 Å². The van der Waals surface area contributed by atoms with Crippen LogP contribution in [0.5, 0.6) is 0 Å². The number of unbranched alkanes of at least 4 members (excludes halogenated alkanes) is 3. The summed E-state index contributed by atoms with van der Waals surface area (Å²) >= 11 is 4.53. The van der Waals surface area contributed by atoms with Gasteiger partial charge in [-0.15, -0.1) is 23.5 Å². The van der Waals surface area contributed by atoms with E-state index < -0.39 is 7.26 Å². The van der Waals surface area contributed by atoms with Gasteiger partial charge in [0.25, 0.3) is 0 Å². The van der Waals surface area contributed by atoms with Crippen LogP contribution in [0.3, 0.4) is 0 Å². The molecule has 30 heavy (non-hydrogen) atoms. The second kappa shape index (κ2) is 15.4. The first kappa shape index (κ1) is 25.8. The van der Waals surface area contributed by atoms with Crippen molar-refractivity contribution in [1.82, 2.24) is 0 Å². The van der Waals surface area contributed by atoms with Crippen LogP contribution in [0.2, 0.25) is 0 Å². The van der Waals surface area contributed by atoms with E-state index in [2.05, 4.69) is 105 Å². The van der Waals surface area contributed by atoms with Crippen molar-refractivity contribution >= 4 is 30.8 Å². The highest BCUT2D eigenvalue weighted by Gasteiger charge is 2.44. The van der Waals surface area contributed by atoms with Crippen LogP contribution in [0.4, 0.5) is 0 Å². The summed E-state index contributed by atoms with van der Waals surface area (Å²) in [6.45, 7) is 7.12. The fourth-order valence-electron chi connectivity index (χ4n) is 3.92. The highest BCUT2D eigenvalue weighted by Crippen LogP contribution is 2.71. The zero-order valence-corrected chi connectivity index (χ0v) is 21.9. The van der Waals surface area contributed by atoms with Gasteiger partial charge < -0.3 is 0 Å². The summed E-state index contributed by atoms with van der Waals surface area (Å²) in [5.74, 6) is 2.30. The Kier molecular flexibility index (Phi) is 13.2. The lowest BCUT2D eigenvalue weighted by molar-refractivity contribution is 0.836. The van der Waals surface area contributed by atoms with Crippen LogP contribution < -0.4 is 0 Å². The first-order valence-electron chi connectivity index (χ1n) is 11.9. The SMILES string of the molecule is CCCC[P+](CCCC)(CCCC)C(SCc1ccccc1)SCc1ccccc1. The molecular weight excluding hydrogens is 419 g/mol. The minimum absolute atomic E-state index is 0.766. The Bertz CT molecular complexity index is 594. The molecule has 166 valence electrons. The summed E-state index contributed by atoms with van der Waals surface area (Å²) in [5, 5.41) is 0. The van der Waals surface area contributed by atoms with Crippen molar-refractivity contribution in [2.24, 2.45) is 0 Å². The van der Waals surface area contributed by atoms with Gasteiger partial charge in [-0.25, -0.2) is 0 Å². The third-order valence-corrected chi connectivity index (χ3v) is 16.3. The average molecular weight is 462 g/mol. The van der Waals surface area contributed by atoms with Gasteiger partial charge in [-0.05, 0) is 30.4 Å². The molecule has 0 bridgehead atoms. The first-order chi connectivity index (χ1) is 14.7. The molecule has 2 aromatic carbocycles. The third kappa shape index (κ3) is 8.97. The Hall–Kier alpha value is -0.430. The van der Waals surface area contributed by atoms with Gasteiger partial charge in [0.05, 0.1) is 18.5 Å². The lowest BCUT2D eigenvalue weighted by Gasteiger charge is -2.35. The Morgan fingerprint density at radius 2 is 0.967 bits per heavy atom. The molecule has 0 amide bonds.